The highest BCUT2D eigenvalue weighted by Gasteiger charge is 2.37. The Morgan fingerprint density at radius 3 is 2.41 bits per heavy atom. The molecular formula is C27H21BrCl2N2O5. The van der Waals surface area contributed by atoms with Crippen LogP contribution in [0, 0.1) is 13.8 Å². The van der Waals surface area contributed by atoms with Crippen LogP contribution in [-0.2, 0) is 16.2 Å². The first-order valence-corrected chi connectivity index (χ1v) is 12.6. The van der Waals surface area contributed by atoms with E-state index in [0.29, 0.717) is 28.1 Å². The lowest BCUT2D eigenvalue weighted by molar-refractivity contribution is -0.122. The normalized spacial score (nSPS) is 14.7. The van der Waals surface area contributed by atoms with Crippen molar-refractivity contribution >= 4 is 68.7 Å². The van der Waals surface area contributed by atoms with Crippen LogP contribution in [0.1, 0.15) is 22.3 Å². The molecule has 7 nitrogen and oxygen atoms in total. The van der Waals surface area contributed by atoms with Crippen molar-refractivity contribution in [1.29, 1.82) is 0 Å². The summed E-state index contributed by atoms with van der Waals surface area (Å²) < 4.78 is 12.1. The van der Waals surface area contributed by atoms with Crippen LogP contribution in [0.25, 0.3) is 6.08 Å². The van der Waals surface area contributed by atoms with E-state index in [1.165, 1.54) is 36.9 Å². The number of urea groups is 1. The minimum atomic E-state index is -0.889. The van der Waals surface area contributed by atoms with Gasteiger partial charge in [-0.2, -0.15) is 0 Å². The molecule has 0 atom stereocenters. The molecule has 1 N–H and O–H groups in total. The van der Waals surface area contributed by atoms with Gasteiger partial charge >= 0.3 is 6.03 Å². The molecule has 1 saturated heterocycles. The maximum Gasteiger partial charge on any atom is 0.335 e. The molecule has 0 aromatic heterocycles. The Morgan fingerprint density at radius 1 is 0.973 bits per heavy atom. The Labute approximate surface area is 232 Å². The molecule has 3 aromatic carbocycles. The average Bonchev–Trinajstić information content (AvgIpc) is 2.85. The fourth-order valence-electron chi connectivity index (χ4n) is 3.69. The molecule has 1 aliphatic rings. The third-order valence-electron chi connectivity index (χ3n) is 5.78. The van der Waals surface area contributed by atoms with Crippen LogP contribution in [-0.4, -0.2) is 25.0 Å². The van der Waals surface area contributed by atoms with Gasteiger partial charge in [-0.15, -0.1) is 0 Å². The summed E-state index contributed by atoms with van der Waals surface area (Å²) in [5.74, 6) is -0.769. The van der Waals surface area contributed by atoms with Crippen molar-refractivity contribution in [2.24, 2.45) is 0 Å². The van der Waals surface area contributed by atoms with Crippen molar-refractivity contribution < 1.29 is 23.9 Å². The molecule has 10 heteroatoms. The molecule has 4 rings (SSSR count). The Balaban J connectivity index is 1.64. The van der Waals surface area contributed by atoms with Crippen LogP contribution in [0.15, 0.2) is 58.6 Å². The van der Waals surface area contributed by atoms with Crippen molar-refractivity contribution in [3.05, 3.63) is 90.9 Å². The Hall–Kier alpha value is -3.33. The van der Waals surface area contributed by atoms with E-state index in [1.807, 2.05) is 26.0 Å². The number of anilines is 1. The molecule has 1 aliphatic heterocycles. The molecule has 1 fully saturated rings. The van der Waals surface area contributed by atoms with E-state index in [0.717, 1.165) is 16.0 Å². The van der Waals surface area contributed by atoms with Crippen LogP contribution in [0.2, 0.25) is 10.0 Å². The number of hydrogen-bond donors (Lipinski definition) is 1. The lowest BCUT2D eigenvalue weighted by Crippen LogP contribution is -2.54. The summed E-state index contributed by atoms with van der Waals surface area (Å²) in [5.41, 5.74) is 3.76. The van der Waals surface area contributed by atoms with Crippen LogP contribution in [0.5, 0.6) is 11.5 Å². The van der Waals surface area contributed by atoms with E-state index in [9.17, 15) is 14.4 Å². The van der Waals surface area contributed by atoms with Gasteiger partial charge in [0.25, 0.3) is 11.8 Å². The number of hydrogen-bond acceptors (Lipinski definition) is 5. The number of methoxy groups -OCH3 is 1. The smallest absolute Gasteiger partial charge is 0.335 e. The second-order valence-corrected chi connectivity index (χ2v) is 9.97. The highest BCUT2D eigenvalue weighted by Crippen LogP contribution is 2.38. The summed E-state index contributed by atoms with van der Waals surface area (Å²) in [6.07, 6.45) is 1.37. The second-order valence-electron chi connectivity index (χ2n) is 8.30. The number of aryl methyl sites for hydroxylation is 2. The summed E-state index contributed by atoms with van der Waals surface area (Å²) in [7, 11) is 1.49. The van der Waals surface area contributed by atoms with Gasteiger partial charge in [0, 0.05) is 0 Å². The zero-order chi connectivity index (χ0) is 26.9. The van der Waals surface area contributed by atoms with Crippen molar-refractivity contribution in [3.63, 3.8) is 0 Å². The fourth-order valence-corrected chi connectivity index (χ4v) is 4.56. The molecule has 0 aliphatic carbocycles. The van der Waals surface area contributed by atoms with Gasteiger partial charge in [0.2, 0.25) is 0 Å². The number of carbonyl (C=O) groups excluding carboxylic acids is 3. The van der Waals surface area contributed by atoms with E-state index in [-0.39, 0.29) is 21.3 Å². The van der Waals surface area contributed by atoms with Gasteiger partial charge in [-0.1, -0.05) is 41.4 Å². The van der Waals surface area contributed by atoms with E-state index in [2.05, 4.69) is 27.3 Å². The predicted octanol–water partition coefficient (Wildman–Crippen LogP) is 6.63. The molecule has 0 bridgehead atoms. The number of carbonyl (C=O) groups is 3. The number of nitrogens with one attached hydrogen (secondary N) is 1. The number of halogens is 3. The number of imide groups is 2. The van der Waals surface area contributed by atoms with Crippen molar-refractivity contribution in [2.45, 2.75) is 20.5 Å². The highest BCUT2D eigenvalue weighted by molar-refractivity contribution is 9.10. The van der Waals surface area contributed by atoms with Gasteiger partial charge < -0.3 is 9.47 Å². The van der Waals surface area contributed by atoms with Gasteiger partial charge in [-0.3, -0.25) is 14.9 Å². The number of ether oxygens (including phenoxy) is 2. The van der Waals surface area contributed by atoms with Crippen LogP contribution >= 0.6 is 39.1 Å². The zero-order valence-electron chi connectivity index (χ0n) is 20.0. The third kappa shape index (κ3) is 5.66. The topological polar surface area (TPSA) is 84.9 Å². The van der Waals surface area contributed by atoms with Gasteiger partial charge in [-0.25, -0.2) is 9.69 Å². The maximum atomic E-state index is 13.2. The molecule has 1 heterocycles. The van der Waals surface area contributed by atoms with Crippen LogP contribution in [0.3, 0.4) is 0 Å². The number of amides is 4. The molecule has 190 valence electrons. The summed E-state index contributed by atoms with van der Waals surface area (Å²) in [6, 6.07) is 12.8. The van der Waals surface area contributed by atoms with Gasteiger partial charge in [0.15, 0.2) is 11.5 Å². The third-order valence-corrected chi connectivity index (χ3v) is 7.11. The zero-order valence-corrected chi connectivity index (χ0v) is 23.1. The molecule has 0 spiro atoms. The molecule has 4 amide bonds. The van der Waals surface area contributed by atoms with Gasteiger partial charge in [0.05, 0.1) is 27.3 Å². The monoisotopic (exact) mass is 602 g/mol. The largest absolute Gasteiger partial charge is 0.493 e. The molecule has 37 heavy (non-hydrogen) atoms. The average molecular weight is 604 g/mol. The quantitative estimate of drug-likeness (QED) is 0.253. The van der Waals surface area contributed by atoms with Gasteiger partial charge in [-0.05, 0) is 88.4 Å². The van der Waals surface area contributed by atoms with Crippen molar-refractivity contribution in [3.8, 4) is 11.5 Å². The van der Waals surface area contributed by atoms with Crippen molar-refractivity contribution in [2.75, 3.05) is 12.0 Å². The SMILES string of the molecule is COc1cc(/C=C2\C(=O)NC(=O)N(c3ccc(Cl)c(Cl)c3)C2=O)cc(Br)c1OCc1ccc(C)c(C)c1. The Kier molecular flexibility index (Phi) is 7.92. The van der Waals surface area contributed by atoms with E-state index < -0.39 is 17.8 Å². The standard InChI is InChI=1S/C27H21BrCl2N2O5/c1-14-4-5-16(8-15(14)2)13-37-24-20(28)10-17(11-23(24)36-3)9-19-25(33)31-27(35)32(26(19)34)18-6-7-21(29)22(30)12-18/h4-12H,13H2,1-3H3,(H,31,33,35)/b19-9+. The molecule has 0 saturated carbocycles. The first-order chi connectivity index (χ1) is 17.6. The Morgan fingerprint density at radius 2 is 1.73 bits per heavy atom. The Bertz CT molecular complexity index is 1470. The number of benzene rings is 3. The second kappa shape index (κ2) is 11.0. The fraction of sp³-hybridized carbons (Fsp3) is 0.148. The van der Waals surface area contributed by atoms with Crippen molar-refractivity contribution in [1.82, 2.24) is 5.32 Å². The number of barbiturate groups is 1. The molecule has 0 unspecified atom stereocenters. The van der Waals surface area contributed by atoms with Crippen LogP contribution < -0.4 is 19.7 Å². The molecule has 3 aromatic rings. The summed E-state index contributed by atoms with van der Waals surface area (Å²) in [4.78, 5) is 39.1. The summed E-state index contributed by atoms with van der Waals surface area (Å²) in [6.45, 7) is 4.40. The minimum Gasteiger partial charge on any atom is -0.493 e. The van der Waals surface area contributed by atoms with Gasteiger partial charge in [0.1, 0.15) is 12.2 Å². The van der Waals surface area contributed by atoms with Crippen LogP contribution in [0.4, 0.5) is 10.5 Å². The first kappa shape index (κ1) is 26.7. The van der Waals surface area contributed by atoms with E-state index in [4.69, 9.17) is 32.7 Å². The lowest BCUT2D eigenvalue weighted by Gasteiger charge is -2.26. The highest BCUT2D eigenvalue weighted by atomic mass is 79.9. The summed E-state index contributed by atoms with van der Waals surface area (Å²) >= 11 is 15.5. The lowest BCUT2D eigenvalue weighted by atomic mass is 10.1. The maximum absolute atomic E-state index is 13.2. The van der Waals surface area contributed by atoms with E-state index >= 15 is 0 Å². The first-order valence-electron chi connectivity index (χ1n) is 11.0. The summed E-state index contributed by atoms with van der Waals surface area (Å²) in [5, 5.41) is 2.60. The predicted molar refractivity (Wildman–Crippen MR) is 146 cm³/mol. The molecular weight excluding hydrogens is 583 g/mol. The van der Waals surface area contributed by atoms with E-state index in [1.54, 1.807) is 12.1 Å². The number of nitrogens with zero attached hydrogens (tertiary/aromatic N) is 1. The molecule has 0 radical (unpaired) electrons. The number of rotatable bonds is 6. The minimum absolute atomic E-state index is 0.159.